The molecule has 0 unspecified atom stereocenters. The van der Waals surface area contributed by atoms with Crippen molar-refractivity contribution in [2.75, 3.05) is 17.3 Å². The molecule has 3 N–H and O–H groups in total. The van der Waals surface area contributed by atoms with Crippen molar-refractivity contribution in [2.24, 2.45) is 5.73 Å². The van der Waals surface area contributed by atoms with Gasteiger partial charge in [-0.15, -0.1) is 12.4 Å². The van der Waals surface area contributed by atoms with Crippen molar-refractivity contribution >= 4 is 35.8 Å². The minimum atomic E-state index is -0.577. The monoisotopic (exact) mass is 348 g/mol. The van der Waals surface area contributed by atoms with E-state index in [2.05, 4.69) is 5.32 Å². The maximum absolute atomic E-state index is 13.9. The molecule has 4 nitrogen and oxygen atoms in total. The number of nitrogens with one attached hydrogen (secondary N) is 1. The van der Waals surface area contributed by atoms with E-state index in [4.69, 9.17) is 10.5 Å². The van der Waals surface area contributed by atoms with Gasteiger partial charge in [-0.05, 0) is 49.8 Å². The Morgan fingerprint density at radius 2 is 2.27 bits per heavy atom. The molecular weight excluding hydrogens is 327 g/mol. The summed E-state index contributed by atoms with van der Waals surface area (Å²) >= 11 is 1.63. The van der Waals surface area contributed by atoms with Crippen LogP contribution in [0.25, 0.3) is 0 Å². The predicted octanol–water partition coefficient (Wildman–Crippen LogP) is 3.20. The molecule has 0 saturated heterocycles. The number of halogens is 2. The number of carbonyl (C=O) groups excluding carboxylic acids is 1. The van der Waals surface area contributed by atoms with Crippen LogP contribution in [0.3, 0.4) is 0 Å². The molecule has 22 heavy (non-hydrogen) atoms. The second-order valence-corrected chi connectivity index (χ2v) is 6.18. The van der Waals surface area contributed by atoms with E-state index in [0.29, 0.717) is 12.1 Å². The predicted molar refractivity (Wildman–Crippen MR) is 91.5 cm³/mol. The first-order chi connectivity index (χ1) is 10.1. The lowest BCUT2D eigenvalue weighted by atomic mass is 9.96. The highest BCUT2D eigenvalue weighted by molar-refractivity contribution is 7.98. The lowest BCUT2D eigenvalue weighted by Gasteiger charge is -2.26. The summed E-state index contributed by atoms with van der Waals surface area (Å²) in [6, 6.07) is 3.88. The summed E-state index contributed by atoms with van der Waals surface area (Å²) in [6.45, 7) is 0. The highest BCUT2D eigenvalue weighted by atomic mass is 35.5. The number of thioether (sulfide) groups is 1. The van der Waals surface area contributed by atoms with Crippen molar-refractivity contribution in [1.29, 1.82) is 0 Å². The van der Waals surface area contributed by atoms with Crippen LogP contribution >= 0.6 is 24.2 Å². The number of nitrogens with two attached hydrogens (primary N) is 1. The summed E-state index contributed by atoms with van der Waals surface area (Å²) in [7, 11) is 0. The molecule has 1 amide bonds. The molecule has 0 radical (unpaired) electrons. The van der Waals surface area contributed by atoms with E-state index in [-0.39, 0.29) is 30.2 Å². The van der Waals surface area contributed by atoms with Crippen molar-refractivity contribution in [2.45, 2.75) is 37.8 Å². The Hall–Kier alpha value is -0.980. The Kier molecular flexibility index (Phi) is 8.00. The van der Waals surface area contributed by atoms with Crippen LogP contribution in [0.1, 0.15) is 25.7 Å². The van der Waals surface area contributed by atoms with Crippen LogP contribution in [0.5, 0.6) is 5.75 Å². The summed E-state index contributed by atoms with van der Waals surface area (Å²) in [5, 5.41) is 2.63. The summed E-state index contributed by atoms with van der Waals surface area (Å²) in [4.78, 5) is 11.8. The molecule has 0 heterocycles. The molecule has 1 aromatic carbocycles. The van der Waals surface area contributed by atoms with E-state index in [9.17, 15) is 9.18 Å². The number of rotatable bonds is 7. The molecule has 2 rings (SSSR count). The molecular formula is C15H22ClFN2O2S. The van der Waals surface area contributed by atoms with Crippen LogP contribution in [0.2, 0.25) is 0 Å². The second kappa shape index (κ2) is 9.22. The summed E-state index contributed by atoms with van der Waals surface area (Å²) in [5.41, 5.74) is 6.17. The highest BCUT2D eigenvalue weighted by Gasteiger charge is 2.21. The van der Waals surface area contributed by atoms with E-state index >= 15 is 0 Å². The number of anilines is 1. The average molecular weight is 349 g/mol. The first-order valence-corrected chi connectivity index (χ1v) is 8.51. The average Bonchev–Trinajstić information content (AvgIpc) is 2.41. The van der Waals surface area contributed by atoms with E-state index < -0.39 is 11.9 Å². The summed E-state index contributed by atoms with van der Waals surface area (Å²) < 4.78 is 19.4. The zero-order valence-electron chi connectivity index (χ0n) is 12.5. The van der Waals surface area contributed by atoms with Crippen molar-refractivity contribution in [1.82, 2.24) is 0 Å². The fourth-order valence-electron chi connectivity index (χ4n) is 1.95. The van der Waals surface area contributed by atoms with Gasteiger partial charge in [0, 0.05) is 11.8 Å². The topological polar surface area (TPSA) is 64.4 Å². The minimum absolute atomic E-state index is 0. The molecule has 0 aliphatic heterocycles. The normalized spacial score (nSPS) is 15.4. The molecule has 7 heteroatoms. The molecule has 1 atom stereocenters. The fraction of sp³-hybridized carbons (Fsp3) is 0.533. The van der Waals surface area contributed by atoms with Gasteiger partial charge >= 0.3 is 0 Å². The van der Waals surface area contributed by atoms with Gasteiger partial charge in [-0.2, -0.15) is 11.8 Å². The quantitative estimate of drug-likeness (QED) is 0.794. The van der Waals surface area contributed by atoms with Crippen LogP contribution in [0.4, 0.5) is 10.1 Å². The van der Waals surface area contributed by atoms with Gasteiger partial charge in [-0.25, -0.2) is 4.39 Å². The lowest BCUT2D eigenvalue weighted by Crippen LogP contribution is -2.36. The SMILES string of the molecule is CSCC[C@H](N)C(=O)Nc1ccc(OC2CCC2)c(F)c1.Cl. The second-order valence-electron chi connectivity index (χ2n) is 5.19. The van der Waals surface area contributed by atoms with Gasteiger partial charge in [0.1, 0.15) is 0 Å². The van der Waals surface area contributed by atoms with Crippen molar-refractivity contribution in [3.05, 3.63) is 24.0 Å². The number of benzene rings is 1. The number of hydrogen-bond acceptors (Lipinski definition) is 4. The van der Waals surface area contributed by atoms with Gasteiger partial charge in [0.2, 0.25) is 5.91 Å². The number of hydrogen-bond donors (Lipinski definition) is 2. The van der Waals surface area contributed by atoms with Crippen molar-refractivity contribution < 1.29 is 13.9 Å². The van der Waals surface area contributed by atoms with Crippen LogP contribution in [0, 0.1) is 5.82 Å². The third-order valence-corrected chi connectivity index (χ3v) is 4.16. The van der Waals surface area contributed by atoms with Gasteiger partial charge in [-0.3, -0.25) is 4.79 Å². The minimum Gasteiger partial charge on any atom is -0.487 e. The number of ether oxygens (including phenoxy) is 1. The Balaban J connectivity index is 0.00000242. The molecule has 1 aromatic rings. The Bertz CT molecular complexity index is 500. The molecule has 1 aliphatic carbocycles. The van der Waals surface area contributed by atoms with Crippen molar-refractivity contribution in [3.63, 3.8) is 0 Å². The number of carbonyl (C=O) groups is 1. The van der Waals surface area contributed by atoms with Gasteiger partial charge < -0.3 is 15.8 Å². The van der Waals surface area contributed by atoms with E-state index in [1.807, 2.05) is 6.26 Å². The largest absolute Gasteiger partial charge is 0.487 e. The zero-order chi connectivity index (χ0) is 15.2. The maximum Gasteiger partial charge on any atom is 0.241 e. The fourth-order valence-corrected chi connectivity index (χ4v) is 2.44. The number of amides is 1. The smallest absolute Gasteiger partial charge is 0.241 e. The molecule has 1 aliphatic rings. The molecule has 124 valence electrons. The van der Waals surface area contributed by atoms with Crippen LogP contribution < -0.4 is 15.8 Å². The summed E-state index contributed by atoms with van der Waals surface area (Å²) in [6.07, 6.45) is 5.76. The first kappa shape index (κ1) is 19.1. The van der Waals surface area contributed by atoms with Gasteiger partial charge in [-0.1, -0.05) is 0 Å². The van der Waals surface area contributed by atoms with E-state index in [0.717, 1.165) is 25.0 Å². The highest BCUT2D eigenvalue weighted by Crippen LogP contribution is 2.28. The van der Waals surface area contributed by atoms with Crippen LogP contribution in [-0.2, 0) is 4.79 Å². The first-order valence-electron chi connectivity index (χ1n) is 7.11. The van der Waals surface area contributed by atoms with Gasteiger partial charge in [0.25, 0.3) is 0 Å². The Morgan fingerprint density at radius 3 is 2.82 bits per heavy atom. The Labute approximate surface area is 140 Å². The van der Waals surface area contributed by atoms with Crippen molar-refractivity contribution in [3.8, 4) is 5.75 Å². The van der Waals surface area contributed by atoms with E-state index in [1.54, 1.807) is 23.9 Å². The lowest BCUT2D eigenvalue weighted by molar-refractivity contribution is -0.117. The molecule has 1 fully saturated rings. The molecule has 1 saturated carbocycles. The zero-order valence-corrected chi connectivity index (χ0v) is 14.1. The van der Waals surface area contributed by atoms with Gasteiger partial charge in [0.05, 0.1) is 12.1 Å². The van der Waals surface area contributed by atoms with E-state index in [1.165, 1.54) is 6.07 Å². The molecule has 0 spiro atoms. The third kappa shape index (κ3) is 5.34. The maximum atomic E-state index is 13.9. The Morgan fingerprint density at radius 1 is 1.55 bits per heavy atom. The summed E-state index contributed by atoms with van der Waals surface area (Å²) in [5.74, 6) is 0.301. The molecule has 0 aromatic heterocycles. The third-order valence-electron chi connectivity index (χ3n) is 3.52. The van der Waals surface area contributed by atoms with Gasteiger partial charge in [0.15, 0.2) is 11.6 Å². The molecule has 0 bridgehead atoms. The van der Waals surface area contributed by atoms with Crippen LogP contribution in [-0.4, -0.2) is 30.1 Å². The standard InChI is InChI=1S/C15H21FN2O2S.ClH/c1-21-8-7-13(17)15(19)18-10-5-6-14(12(16)9-10)20-11-3-2-4-11;/h5-6,9,11,13H,2-4,7-8,17H2,1H3,(H,18,19);1H/t13-;/m0./s1. The van der Waals surface area contributed by atoms with Crippen LogP contribution in [0.15, 0.2) is 18.2 Å².